The minimum atomic E-state index is 0.0880. The average molecular weight is 274 g/mol. The molecule has 0 heterocycles. The van der Waals surface area contributed by atoms with Gasteiger partial charge in [0, 0.05) is 19.8 Å². The summed E-state index contributed by atoms with van der Waals surface area (Å²) in [5.74, 6) is 0.0880. The summed E-state index contributed by atoms with van der Waals surface area (Å²) in [5, 5.41) is 6.15. The topological polar surface area (TPSA) is 59.6 Å². The van der Waals surface area contributed by atoms with Gasteiger partial charge in [0.25, 0.3) is 0 Å². The summed E-state index contributed by atoms with van der Waals surface area (Å²) in [6.07, 6.45) is 4.00. The fourth-order valence-corrected chi connectivity index (χ4v) is 1.67. The minimum Gasteiger partial charge on any atom is -0.382 e. The van der Waals surface area contributed by atoms with Crippen molar-refractivity contribution in [2.24, 2.45) is 0 Å². The number of nitrogens with one attached hydrogen (secondary N) is 2. The van der Waals surface area contributed by atoms with Gasteiger partial charge in [0.1, 0.15) is 0 Å². The molecule has 0 radical (unpaired) electrons. The molecule has 0 spiro atoms. The zero-order valence-electron chi connectivity index (χ0n) is 12.7. The summed E-state index contributed by atoms with van der Waals surface area (Å²) in [5.41, 5.74) is 0. The maximum Gasteiger partial charge on any atom is 0.234 e. The van der Waals surface area contributed by atoms with E-state index in [0.29, 0.717) is 25.8 Å². The van der Waals surface area contributed by atoms with Gasteiger partial charge in [-0.15, -0.1) is 0 Å². The SMILES string of the molecule is CCC(CC)NC(=O)CNCCCCOCCOC. The van der Waals surface area contributed by atoms with Crippen LogP contribution in [0.4, 0.5) is 0 Å². The fourth-order valence-electron chi connectivity index (χ4n) is 1.67. The number of unbranched alkanes of at least 4 members (excludes halogenated alkanes) is 1. The minimum absolute atomic E-state index is 0.0880. The van der Waals surface area contributed by atoms with E-state index in [9.17, 15) is 4.79 Å². The smallest absolute Gasteiger partial charge is 0.234 e. The average Bonchev–Trinajstić information content (AvgIpc) is 2.43. The van der Waals surface area contributed by atoms with Gasteiger partial charge in [-0.3, -0.25) is 4.79 Å². The fraction of sp³-hybridized carbons (Fsp3) is 0.929. The molecular weight excluding hydrogens is 244 g/mol. The van der Waals surface area contributed by atoms with Crippen LogP contribution in [0.5, 0.6) is 0 Å². The molecule has 0 atom stereocenters. The number of hydrogen-bond acceptors (Lipinski definition) is 4. The van der Waals surface area contributed by atoms with E-state index < -0.39 is 0 Å². The van der Waals surface area contributed by atoms with Crippen molar-refractivity contribution in [3.63, 3.8) is 0 Å². The van der Waals surface area contributed by atoms with E-state index in [0.717, 1.165) is 38.8 Å². The van der Waals surface area contributed by atoms with Gasteiger partial charge >= 0.3 is 0 Å². The van der Waals surface area contributed by atoms with Crippen molar-refractivity contribution in [2.45, 2.75) is 45.6 Å². The highest BCUT2D eigenvalue weighted by Gasteiger charge is 2.06. The number of amides is 1. The molecule has 0 aromatic carbocycles. The van der Waals surface area contributed by atoms with Crippen molar-refractivity contribution in [2.75, 3.05) is 40.0 Å². The van der Waals surface area contributed by atoms with Crippen molar-refractivity contribution in [1.29, 1.82) is 0 Å². The van der Waals surface area contributed by atoms with Crippen molar-refractivity contribution >= 4 is 5.91 Å². The molecule has 0 bridgehead atoms. The van der Waals surface area contributed by atoms with E-state index >= 15 is 0 Å². The first-order valence-corrected chi connectivity index (χ1v) is 7.31. The first kappa shape index (κ1) is 18.4. The molecule has 5 nitrogen and oxygen atoms in total. The van der Waals surface area contributed by atoms with Gasteiger partial charge in [0.05, 0.1) is 19.8 Å². The standard InChI is InChI=1S/C14H30N2O3/c1-4-13(5-2)16-14(17)12-15-8-6-7-9-19-11-10-18-3/h13,15H,4-12H2,1-3H3,(H,16,17). The molecular formula is C14H30N2O3. The number of rotatable bonds is 13. The second-order valence-corrected chi connectivity index (χ2v) is 4.57. The summed E-state index contributed by atoms with van der Waals surface area (Å²) in [4.78, 5) is 11.6. The van der Waals surface area contributed by atoms with Gasteiger partial charge in [-0.2, -0.15) is 0 Å². The van der Waals surface area contributed by atoms with Crippen LogP contribution in [-0.2, 0) is 14.3 Å². The molecule has 5 heteroatoms. The van der Waals surface area contributed by atoms with Gasteiger partial charge < -0.3 is 20.1 Å². The monoisotopic (exact) mass is 274 g/mol. The normalized spacial score (nSPS) is 10.9. The van der Waals surface area contributed by atoms with Crippen LogP contribution in [0.1, 0.15) is 39.5 Å². The summed E-state index contributed by atoms with van der Waals surface area (Å²) >= 11 is 0. The molecule has 0 fully saturated rings. The molecule has 0 aliphatic heterocycles. The highest BCUT2D eigenvalue weighted by atomic mass is 16.5. The lowest BCUT2D eigenvalue weighted by molar-refractivity contribution is -0.121. The number of methoxy groups -OCH3 is 1. The number of ether oxygens (including phenoxy) is 2. The van der Waals surface area contributed by atoms with Crippen molar-refractivity contribution in [3.05, 3.63) is 0 Å². The molecule has 0 saturated carbocycles. The second kappa shape index (κ2) is 13.8. The second-order valence-electron chi connectivity index (χ2n) is 4.57. The lowest BCUT2D eigenvalue weighted by Gasteiger charge is -2.14. The van der Waals surface area contributed by atoms with Crippen LogP contribution in [0.15, 0.2) is 0 Å². The van der Waals surface area contributed by atoms with Crippen LogP contribution in [0.2, 0.25) is 0 Å². The Balaban J connectivity index is 3.27. The predicted molar refractivity (Wildman–Crippen MR) is 77.3 cm³/mol. The van der Waals surface area contributed by atoms with Crippen LogP contribution in [-0.4, -0.2) is 52.0 Å². The molecule has 114 valence electrons. The molecule has 19 heavy (non-hydrogen) atoms. The van der Waals surface area contributed by atoms with Gasteiger partial charge in [0.15, 0.2) is 0 Å². The molecule has 1 amide bonds. The van der Waals surface area contributed by atoms with Crippen molar-refractivity contribution in [3.8, 4) is 0 Å². The molecule has 0 saturated heterocycles. The van der Waals surface area contributed by atoms with Crippen molar-refractivity contribution < 1.29 is 14.3 Å². The molecule has 0 aromatic rings. The van der Waals surface area contributed by atoms with Crippen LogP contribution in [0.25, 0.3) is 0 Å². The first-order valence-electron chi connectivity index (χ1n) is 7.31. The molecule has 0 aromatic heterocycles. The van der Waals surface area contributed by atoms with Crippen molar-refractivity contribution in [1.82, 2.24) is 10.6 Å². The molecule has 0 aliphatic rings. The van der Waals surface area contributed by atoms with Gasteiger partial charge in [-0.1, -0.05) is 13.8 Å². The van der Waals surface area contributed by atoms with E-state index in [1.54, 1.807) is 7.11 Å². The Morgan fingerprint density at radius 2 is 1.84 bits per heavy atom. The van der Waals surface area contributed by atoms with Crippen LogP contribution in [0.3, 0.4) is 0 Å². The zero-order valence-corrected chi connectivity index (χ0v) is 12.7. The molecule has 0 rings (SSSR count). The predicted octanol–water partition coefficient (Wildman–Crippen LogP) is 1.32. The summed E-state index contributed by atoms with van der Waals surface area (Å²) in [6, 6.07) is 0.309. The lowest BCUT2D eigenvalue weighted by atomic mass is 10.2. The number of carbonyl (C=O) groups excluding carboxylic acids is 1. The van der Waals surface area contributed by atoms with E-state index in [2.05, 4.69) is 24.5 Å². The summed E-state index contributed by atoms with van der Waals surface area (Å²) in [7, 11) is 1.67. The zero-order chi connectivity index (χ0) is 14.3. The Bertz CT molecular complexity index is 209. The number of carbonyl (C=O) groups is 1. The molecule has 0 unspecified atom stereocenters. The third-order valence-electron chi connectivity index (χ3n) is 2.96. The van der Waals surface area contributed by atoms with Crippen LogP contribution >= 0.6 is 0 Å². The Morgan fingerprint density at radius 1 is 1.11 bits per heavy atom. The Hall–Kier alpha value is -0.650. The highest BCUT2D eigenvalue weighted by molar-refractivity contribution is 5.78. The Morgan fingerprint density at radius 3 is 2.47 bits per heavy atom. The van der Waals surface area contributed by atoms with Crippen LogP contribution in [0, 0.1) is 0 Å². The van der Waals surface area contributed by atoms with E-state index in [-0.39, 0.29) is 5.91 Å². The lowest BCUT2D eigenvalue weighted by Crippen LogP contribution is -2.40. The van der Waals surface area contributed by atoms with Gasteiger partial charge in [0.2, 0.25) is 5.91 Å². The van der Waals surface area contributed by atoms with Gasteiger partial charge in [-0.25, -0.2) is 0 Å². The molecule has 0 aliphatic carbocycles. The Labute approximate surface area is 117 Å². The van der Waals surface area contributed by atoms with E-state index in [4.69, 9.17) is 9.47 Å². The quantitative estimate of drug-likeness (QED) is 0.497. The summed E-state index contributed by atoms with van der Waals surface area (Å²) in [6.45, 7) is 7.49. The highest BCUT2D eigenvalue weighted by Crippen LogP contribution is 1.95. The Kier molecular flexibility index (Phi) is 13.3. The van der Waals surface area contributed by atoms with Gasteiger partial charge in [-0.05, 0) is 32.2 Å². The maximum atomic E-state index is 11.6. The maximum absolute atomic E-state index is 11.6. The largest absolute Gasteiger partial charge is 0.382 e. The first-order chi connectivity index (χ1) is 9.24. The summed E-state index contributed by atoms with van der Waals surface area (Å²) < 4.78 is 10.2. The number of hydrogen-bond donors (Lipinski definition) is 2. The third kappa shape index (κ3) is 12.1. The van der Waals surface area contributed by atoms with E-state index in [1.807, 2.05) is 0 Å². The van der Waals surface area contributed by atoms with Crippen LogP contribution < -0.4 is 10.6 Å². The third-order valence-corrected chi connectivity index (χ3v) is 2.96. The molecule has 2 N–H and O–H groups in total. The van der Waals surface area contributed by atoms with E-state index in [1.165, 1.54) is 0 Å².